The Morgan fingerprint density at radius 1 is 1.35 bits per heavy atom. The third kappa shape index (κ3) is 3.88. The van der Waals surface area contributed by atoms with E-state index < -0.39 is 23.9 Å². The molecule has 5 nitrogen and oxygen atoms in total. The normalized spacial score (nSPS) is 13.8. The van der Waals surface area contributed by atoms with Crippen LogP contribution in [0.15, 0.2) is 30.3 Å². The third-order valence-corrected chi connectivity index (χ3v) is 2.42. The Bertz CT molecular complexity index is 391. The van der Waals surface area contributed by atoms with Crippen LogP contribution in [0, 0.1) is 5.92 Å². The number of nitrogens with two attached hydrogens (primary N) is 1. The summed E-state index contributed by atoms with van der Waals surface area (Å²) in [6.07, 6.45) is 0. The van der Waals surface area contributed by atoms with Crippen LogP contribution < -0.4 is 5.73 Å². The lowest BCUT2D eigenvalue weighted by atomic mass is 10.0. The molecule has 0 bridgehead atoms. The summed E-state index contributed by atoms with van der Waals surface area (Å²) in [5, 5.41) is 8.65. The molecule has 3 N–H and O–H groups in total. The van der Waals surface area contributed by atoms with Gasteiger partial charge in [-0.1, -0.05) is 30.3 Å². The van der Waals surface area contributed by atoms with Crippen molar-refractivity contribution in [3.8, 4) is 0 Å². The summed E-state index contributed by atoms with van der Waals surface area (Å²) in [5.41, 5.74) is 6.17. The number of carboxylic acid groups (broad SMARTS) is 1. The molecular weight excluding hydrogens is 222 g/mol. The van der Waals surface area contributed by atoms with Crippen LogP contribution >= 0.6 is 0 Å². The second kappa shape index (κ2) is 6.00. The quantitative estimate of drug-likeness (QED) is 0.738. The van der Waals surface area contributed by atoms with Crippen LogP contribution in [0.4, 0.5) is 0 Å². The number of carbonyl (C=O) groups is 2. The minimum absolute atomic E-state index is 0.121. The van der Waals surface area contributed by atoms with Gasteiger partial charge in [0.15, 0.2) is 0 Å². The number of carboxylic acids is 1. The van der Waals surface area contributed by atoms with Crippen LogP contribution in [-0.2, 0) is 20.9 Å². The standard InChI is InChI=1S/C12H15NO4/c1-8(10(13)11(14)15)12(16)17-7-9-5-3-2-4-6-9/h2-6,8,10H,7,13H2,1H3,(H,14,15)/t8?,10-/m0/s1. The SMILES string of the molecule is CC(C(=O)OCc1ccccc1)[C@H](N)C(=O)O. The van der Waals surface area contributed by atoms with Crippen molar-refractivity contribution in [3.63, 3.8) is 0 Å². The number of ether oxygens (including phenoxy) is 1. The molecule has 0 aromatic heterocycles. The minimum Gasteiger partial charge on any atom is -0.480 e. The third-order valence-electron chi connectivity index (χ3n) is 2.42. The lowest BCUT2D eigenvalue weighted by Gasteiger charge is -2.14. The number of hydrogen-bond acceptors (Lipinski definition) is 4. The Hall–Kier alpha value is -1.88. The number of aliphatic carboxylic acids is 1. The smallest absolute Gasteiger partial charge is 0.321 e. The highest BCUT2D eigenvalue weighted by molar-refractivity contribution is 5.83. The van der Waals surface area contributed by atoms with Gasteiger partial charge in [-0.25, -0.2) is 0 Å². The first kappa shape index (κ1) is 13.2. The van der Waals surface area contributed by atoms with Gasteiger partial charge in [-0.05, 0) is 12.5 Å². The van der Waals surface area contributed by atoms with Crippen molar-refractivity contribution in [3.05, 3.63) is 35.9 Å². The Labute approximate surface area is 99.2 Å². The summed E-state index contributed by atoms with van der Waals surface area (Å²) < 4.78 is 4.98. The highest BCUT2D eigenvalue weighted by Gasteiger charge is 2.27. The molecule has 5 heteroatoms. The fraction of sp³-hybridized carbons (Fsp3) is 0.333. The van der Waals surface area contributed by atoms with Crippen molar-refractivity contribution >= 4 is 11.9 Å². The van der Waals surface area contributed by atoms with E-state index >= 15 is 0 Å². The van der Waals surface area contributed by atoms with Gasteiger partial charge in [0.2, 0.25) is 0 Å². The monoisotopic (exact) mass is 237 g/mol. The predicted octanol–water partition coefficient (Wildman–Crippen LogP) is 0.778. The molecule has 0 saturated carbocycles. The van der Waals surface area contributed by atoms with Gasteiger partial charge in [-0.3, -0.25) is 9.59 Å². The van der Waals surface area contributed by atoms with Crippen LogP contribution in [0.5, 0.6) is 0 Å². The molecule has 0 saturated heterocycles. The van der Waals surface area contributed by atoms with Crippen molar-refractivity contribution in [2.24, 2.45) is 11.7 Å². The Kier molecular flexibility index (Phi) is 4.66. The van der Waals surface area contributed by atoms with E-state index in [2.05, 4.69) is 0 Å². The van der Waals surface area contributed by atoms with E-state index in [1.807, 2.05) is 30.3 Å². The van der Waals surface area contributed by atoms with Crippen LogP contribution in [0.25, 0.3) is 0 Å². The van der Waals surface area contributed by atoms with Gasteiger partial charge in [0.1, 0.15) is 12.6 Å². The number of carbonyl (C=O) groups excluding carboxylic acids is 1. The van der Waals surface area contributed by atoms with Gasteiger partial charge in [0.25, 0.3) is 0 Å². The predicted molar refractivity (Wildman–Crippen MR) is 61.0 cm³/mol. The lowest BCUT2D eigenvalue weighted by molar-refractivity contribution is -0.154. The Morgan fingerprint density at radius 3 is 2.47 bits per heavy atom. The first-order valence-corrected chi connectivity index (χ1v) is 5.21. The molecule has 92 valence electrons. The zero-order valence-electron chi connectivity index (χ0n) is 9.50. The molecule has 1 aromatic carbocycles. The lowest BCUT2D eigenvalue weighted by Crippen LogP contribution is -2.41. The van der Waals surface area contributed by atoms with Crippen molar-refractivity contribution in [2.75, 3.05) is 0 Å². The molecule has 0 fully saturated rings. The summed E-state index contributed by atoms with van der Waals surface area (Å²) in [5.74, 6) is -2.69. The molecule has 17 heavy (non-hydrogen) atoms. The average molecular weight is 237 g/mol. The molecule has 1 aromatic rings. The van der Waals surface area contributed by atoms with Crippen LogP contribution in [0.3, 0.4) is 0 Å². The number of rotatable bonds is 5. The minimum atomic E-state index is -1.24. The fourth-order valence-corrected chi connectivity index (χ4v) is 1.22. The van der Waals surface area contributed by atoms with Crippen molar-refractivity contribution in [1.29, 1.82) is 0 Å². The van der Waals surface area contributed by atoms with E-state index in [-0.39, 0.29) is 6.61 Å². The van der Waals surface area contributed by atoms with E-state index in [1.54, 1.807) is 0 Å². The highest BCUT2D eigenvalue weighted by atomic mass is 16.5. The molecule has 2 atom stereocenters. The number of esters is 1. The average Bonchev–Trinajstić information content (AvgIpc) is 2.35. The van der Waals surface area contributed by atoms with E-state index in [9.17, 15) is 9.59 Å². The van der Waals surface area contributed by atoms with Crippen molar-refractivity contribution < 1.29 is 19.4 Å². The summed E-state index contributed by atoms with van der Waals surface area (Å²) in [6, 6.07) is 7.90. The molecule has 1 rings (SSSR count). The Balaban J connectivity index is 2.47. The van der Waals surface area contributed by atoms with Gasteiger partial charge < -0.3 is 15.6 Å². The van der Waals surface area contributed by atoms with Gasteiger partial charge in [0.05, 0.1) is 5.92 Å². The maximum atomic E-state index is 11.5. The summed E-state index contributed by atoms with van der Waals surface area (Å²) >= 11 is 0. The second-order valence-corrected chi connectivity index (χ2v) is 3.75. The number of benzene rings is 1. The van der Waals surface area contributed by atoms with Crippen LogP contribution in [-0.4, -0.2) is 23.1 Å². The van der Waals surface area contributed by atoms with Gasteiger partial charge in [-0.15, -0.1) is 0 Å². The van der Waals surface area contributed by atoms with Crippen molar-refractivity contribution in [2.45, 2.75) is 19.6 Å². The molecular formula is C12H15NO4. The first-order chi connectivity index (χ1) is 8.02. The van der Waals surface area contributed by atoms with Gasteiger partial charge in [-0.2, -0.15) is 0 Å². The maximum Gasteiger partial charge on any atom is 0.321 e. The molecule has 0 amide bonds. The van der Waals surface area contributed by atoms with Gasteiger partial charge in [0, 0.05) is 0 Å². The molecule has 1 unspecified atom stereocenters. The largest absolute Gasteiger partial charge is 0.480 e. The zero-order valence-corrected chi connectivity index (χ0v) is 9.50. The Morgan fingerprint density at radius 2 is 1.94 bits per heavy atom. The zero-order chi connectivity index (χ0) is 12.8. The topological polar surface area (TPSA) is 89.6 Å². The number of hydrogen-bond donors (Lipinski definition) is 2. The summed E-state index contributed by atoms with van der Waals surface area (Å²) in [6.45, 7) is 1.56. The molecule has 0 aliphatic rings. The maximum absolute atomic E-state index is 11.5. The molecule has 0 heterocycles. The first-order valence-electron chi connectivity index (χ1n) is 5.21. The van der Waals surface area contributed by atoms with Crippen LogP contribution in [0.2, 0.25) is 0 Å². The van der Waals surface area contributed by atoms with Crippen molar-refractivity contribution in [1.82, 2.24) is 0 Å². The summed E-state index contributed by atoms with van der Waals surface area (Å²) in [4.78, 5) is 22.1. The van der Waals surface area contributed by atoms with Crippen LogP contribution in [0.1, 0.15) is 12.5 Å². The molecule has 0 aliphatic carbocycles. The molecule has 0 spiro atoms. The molecule has 0 aliphatic heterocycles. The molecule has 0 radical (unpaired) electrons. The highest BCUT2D eigenvalue weighted by Crippen LogP contribution is 2.07. The van der Waals surface area contributed by atoms with E-state index in [4.69, 9.17) is 15.6 Å². The van der Waals surface area contributed by atoms with E-state index in [1.165, 1.54) is 6.92 Å². The second-order valence-electron chi connectivity index (χ2n) is 3.75. The van der Waals surface area contributed by atoms with E-state index in [0.717, 1.165) is 5.56 Å². The van der Waals surface area contributed by atoms with E-state index in [0.29, 0.717) is 0 Å². The van der Waals surface area contributed by atoms with Gasteiger partial charge >= 0.3 is 11.9 Å². The fourth-order valence-electron chi connectivity index (χ4n) is 1.22. The summed E-state index contributed by atoms with van der Waals surface area (Å²) in [7, 11) is 0.